The minimum absolute atomic E-state index is 0.0000912. The van der Waals surface area contributed by atoms with Crippen molar-refractivity contribution in [3.8, 4) is 0 Å². The predicted octanol–water partition coefficient (Wildman–Crippen LogP) is 2.06. The summed E-state index contributed by atoms with van der Waals surface area (Å²) < 4.78 is 28.4. The fraction of sp³-hybridized carbons (Fsp3) is 0.615. The average Bonchev–Trinajstić information content (AvgIpc) is 2.80. The van der Waals surface area contributed by atoms with Crippen LogP contribution in [0.15, 0.2) is 17.2 Å². The van der Waals surface area contributed by atoms with Crippen LogP contribution in [0.25, 0.3) is 0 Å². The molecule has 0 radical (unpaired) electrons. The Kier molecular flexibility index (Phi) is 5.76. The summed E-state index contributed by atoms with van der Waals surface area (Å²) in [4.78, 5) is 11.0. The van der Waals surface area contributed by atoms with Crippen molar-refractivity contribution in [2.24, 2.45) is 0 Å². The molecule has 0 aromatic carbocycles. The lowest BCUT2D eigenvalue weighted by Crippen LogP contribution is -2.32. The Morgan fingerprint density at radius 3 is 2.55 bits per heavy atom. The molecule has 1 rings (SSSR count). The first-order valence-electron chi connectivity index (χ1n) is 6.77. The normalized spacial score (nSPS) is 13.3. The number of sulfonamides is 1. The standard InChI is InChI=1S/C13H22N2O4S/c1-4-6-7-10(3)14-20(18,19)11-8-12(13(16)17)15(5-2)9-11/h8-10,14H,4-7H2,1-3H3,(H,16,17). The summed E-state index contributed by atoms with van der Waals surface area (Å²) in [7, 11) is -3.67. The molecular formula is C13H22N2O4S. The highest BCUT2D eigenvalue weighted by atomic mass is 32.2. The van der Waals surface area contributed by atoms with Gasteiger partial charge in [0, 0.05) is 18.8 Å². The zero-order chi connectivity index (χ0) is 15.3. The van der Waals surface area contributed by atoms with Gasteiger partial charge in [0.2, 0.25) is 10.0 Å². The second-order valence-electron chi connectivity index (χ2n) is 4.82. The molecule has 1 unspecified atom stereocenters. The van der Waals surface area contributed by atoms with E-state index in [4.69, 9.17) is 5.11 Å². The molecule has 0 saturated carbocycles. The number of nitrogens with one attached hydrogen (secondary N) is 1. The molecular weight excluding hydrogens is 280 g/mol. The number of aromatic carboxylic acids is 1. The molecule has 0 saturated heterocycles. The number of aromatic nitrogens is 1. The maximum atomic E-state index is 12.2. The van der Waals surface area contributed by atoms with Crippen molar-refractivity contribution in [2.45, 2.75) is 57.5 Å². The Morgan fingerprint density at radius 2 is 2.10 bits per heavy atom. The van der Waals surface area contributed by atoms with Gasteiger partial charge in [-0.05, 0) is 26.3 Å². The van der Waals surface area contributed by atoms with Crippen LogP contribution in [0.5, 0.6) is 0 Å². The van der Waals surface area contributed by atoms with Gasteiger partial charge in [-0.3, -0.25) is 0 Å². The van der Waals surface area contributed by atoms with E-state index in [0.717, 1.165) is 19.3 Å². The molecule has 0 aliphatic rings. The minimum Gasteiger partial charge on any atom is -0.477 e. The highest BCUT2D eigenvalue weighted by Crippen LogP contribution is 2.16. The van der Waals surface area contributed by atoms with E-state index in [0.29, 0.717) is 6.54 Å². The van der Waals surface area contributed by atoms with Gasteiger partial charge in [-0.15, -0.1) is 0 Å². The molecule has 114 valence electrons. The fourth-order valence-electron chi connectivity index (χ4n) is 1.97. The Balaban J connectivity index is 2.95. The average molecular weight is 302 g/mol. The van der Waals surface area contributed by atoms with E-state index in [1.165, 1.54) is 16.8 Å². The quantitative estimate of drug-likeness (QED) is 0.769. The Hall–Kier alpha value is -1.34. The van der Waals surface area contributed by atoms with Gasteiger partial charge in [0.15, 0.2) is 0 Å². The van der Waals surface area contributed by atoms with E-state index in [9.17, 15) is 13.2 Å². The van der Waals surface area contributed by atoms with Crippen LogP contribution >= 0.6 is 0 Å². The van der Waals surface area contributed by atoms with Gasteiger partial charge in [0.05, 0.1) is 0 Å². The number of carboxylic acid groups (broad SMARTS) is 1. The maximum absolute atomic E-state index is 12.2. The Bertz CT molecular complexity index is 563. The SMILES string of the molecule is CCCCC(C)NS(=O)(=O)c1cc(C(=O)O)n(CC)c1. The second-order valence-corrected chi connectivity index (χ2v) is 6.53. The van der Waals surface area contributed by atoms with E-state index < -0.39 is 16.0 Å². The van der Waals surface area contributed by atoms with Gasteiger partial charge in [-0.1, -0.05) is 19.8 Å². The number of rotatable bonds is 8. The number of hydrogen-bond acceptors (Lipinski definition) is 3. The summed E-state index contributed by atoms with van der Waals surface area (Å²) in [6.07, 6.45) is 4.07. The molecule has 2 N–H and O–H groups in total. The maximum Gasteiger partial charge on any atom is 0.352 e. The first-order valence-corrected chi connectivity index (χ1v) is 8.26. The summed E-state index contributed by atoms with van der Waals surface area (Å²) in [6, 6.07) is 1.03. The summed E-state index contributed by atoms with van der Waals surface area (Å²) in [5, 5.41) is 9.04. The van der Waals surface area contributed by atoms with Crippen molar-refractivity contribution in [3.05, 3.63) is 18.0 Å². The topological polar surface area (TPSA) is 88.4 Å². The lowest BCUT2D eigenvalue weighted by Gasteiger charge is -2.12. The van der Waals surface area contributed by atoms with Crippen molar-refractivity contribution in [1.82, 2.24) is 9.29 Å². The van der Waals surface area contributed by atoms with E-state index in [2.05, 4.69) is 4.72 Å². The van der Waals surface area contributed by atoms with E-state index >= 15 is 0 Å². The van der Waals surface area contributed by atoms with Gasteiger partial charge < -0.3 is 9.67 Å². The highest BCUT2D eigenvalue weighted by molar-refractivity contribution is 7.89. The zero-order valence-electron chi connectivity index (χ0n) is 12.1. The van der Waals surface area contributed by atoms with Crippen molar-refractivity contribution in [3.63, 3.8) is 0 Å². The van der Waals surface area contributed by atoms with Crippen LogP contribution in [0.4, 0.5) is 0 Å². The molecule has 20 heavy (non-hydrogen) atoms. The van der Waals surface area contributed by atoms with Gasteiger partial charge in [0.1, 0.15) is 10.6 Å². The smallest absolute Gasteiger partial charge is 0.352 e. The van der Waals surface area contributed by atoms with Crippen LogP contribution in [0.1, 0.15) is 50.5 Å². The van der Waals surface area contributed by atoms with E-state index in [1.807, 2.05) is 13.8 Å². The lowest BCUT2D eigenvalue weighted by molar-refractivity contribution is 0.0685. The molecule has 1 aromatic heterocycles. The molecule has 0 fully saturated rings. The van der Waals surface area contributed by atoms with Crippen LogP contribution < -0.4 is 4.72 Å². The van der Waals surface area contributed by atoms with Crippen molar-refractivity contribution in [2.75, 3.05) is 0 Å². The number of carboxylic acids is 1. The largest absolute Gasteiger partial charge is 0.477 e. The summed E-state index contributed by atoms with van der Waals surface area (Å²) in [5.74, 6) is -1.13. The first kappa shape index (κ1) is 16.7. The number of carbonyl (C=O) groups is 1. The summed E-state index contributed by atoms with van der Waals surface area (Å²) >= 11 is 0. The number of aryl methyl sites for hydroxylation is 1. The van der Waals surface area contributed by atoms with Crippen LogP contribution in [-0.4, -0.2) is 30.1 Å². The summed E-state index contributed by atoms with van der Waals surface area (Å²) in [5.41, 5.74) is -0.0194. The Labute approximate surface area is 119 Å². The van der Waals surface area contributed by atoms with Crippen molar-refractivity contribution >= 4 is 16.0 Å². The highest BCUT2D eigenvalue weighted by Gasteiger charge is 2.22. The predicted molar refractivity (Wildman–Crippen MR) is 76.4 cm³/mol. The third kappa shape index (κ3) is 4.08. The molecule has 7 heteroatoms. The number of hydrogen-bond donors (Lipinski definition) is 2. The third-order valence-corrected chi connectivity index (χ3v) is 4.65. The number of nitrogens with zero attached hydrogens (tertiary/aromatic N) is 1. The molecule has 6 nitrogen and oxygen atoms in total. The van der Waals surface area contributed by atoms with Gasteiger partial charge in [0.25, 0.3) is 0 Å². The lowest BCUT2D eigenvalue weighted by atomic mass is 10.2. The summed E-state index contributed by atoms with van der Waals surface area (Å²) in [6.45, 7) is 6.02. The van der Waals surface area contributed by atoms with Gasteiger partial charge >= 0.3 is 5.97 Å². The van der Waals surface area contributed by atoms with Crippen molar-refractivity contribution in [1.29, 1.82) is 0 Å². The molecule has 1 atom stereocenters. The van der Waals surface area contributed by atoms with Crippen LogP contribution in [0.2, 0.25) is 0 Å². The van der Waals surface area contributed by atoms with E-state index in [1.54, 1.807) is 6.92 Å². The molecule has 0 aliphatic heterocycles. The van der Waals surface area contributed by atoms with Crippen LogP contribution in [0, 0.1) is 0 Å². The molecule has 0 aliphatic carbocycles. The minimum atomic E-state index is -3.67. The molecule has 0 bridgehead atoms. The van der Waals surface area contributed by atoms with Gasteiger partial charge in [-0.2, -0.15) is 0 Å². The zero-order valence-corrected chi connectivity index (χ0v) is 12.9. The monoisotopic (exact) mass is 302 g/mol. The molecule has 1 heterocycles. The molecule has 1 aromatic rings. The Morgan fingerprint density at radius 1 is 1.45 bits per heavy atom. The van der Waals surface area contributed by atoms with Crippen LogP contribution in [0.3, 0.4) is 0 Å². The van der Waals surface area contributed by atoms with Gasteiger partial charge in [-0.25, -0.2) is 17.9 Å². The van der Waals surface area contributed by atoms with Crippen LogP contribution in [-0.2, 0) is 16.6 Å². The molecule has 0 spiro atoms. The second kappa shape index (κ2) is 6.90. The van der Waals surface area contributed by atoms with Crippen molar-refractivity contribution < 1.29 is 18.3 Å². The number of unbranched alkanes of at least 4 members (excludes halogenated alkanes) is 1. The fourth-order valence-corrected chi connectivity index (χ4v) is 3.29. The first-order chi connectivity index (χ1) is 9.31. The third-order valence-electron chi connectivity index (χ3n) is 3.09. The van der Waals surface area contributed by atoms with E-state index in [-0.39, 0.29) is 16.6 Å². The molecule has 0 amide bonds.